The molecule has 6 heteroatoms. The molecule has 0 atom stereocenters. The zero-order valence-electron chi connectivity index (χ0n) is 12.8. The first-order chi connectivity index (χ1) is 11.1. The van der Waals surface area contributed by atoms with Gasteiger partial charge in [0.1, 0.15) is 11.5 Å². The average Bonchev–Trinajstić information content (AvgIpc) is 3.07. The Morgan fingerprint density at radius 3 is 2.57 bits per heavy atom. The zero-order chi connectivity index (χ0) is 16.4. The highest BCUT2D eigenvalue weighted by molar-refractivity contribution is 7.99. The molecule has 1 N–H and O–H groups in total. The van der Waals surface area contributed by atoms with Gasteiger partial charge >= 0.3 is 6.03 Å². The fourth-order valence-corrected chi connectivity index (χ4v) is 2.97. The number of likely N-dealkylation sites (N-methyl/N-ethyl adjacent to an activating group) is 1. The summed E-state index contributed by atoms with van der Waals surface area (Å²) in [5.41, 5.74) is 1.44. The van der Waals surface area contributed by atoms with Crippen LogP contribution in [0.25, 0.3) is 6.08 Å². The predicted molar refractivity (Wildman–Crippen MR) is 87.9 cm³/mol. The van der Waals surface area contributed by atoms with Crippen LogP contribution >= 0.6 is 11.8 Å². The molecule has 1 aromatic heterocycles. The summed E-state index contributed by atoms with van der Waals surface area (Å²) in [7, 11) is 0. The van der Waals surface area contributed by atoms with Gasteiger partial charge in [-0.05, 0) is 38.1 Å². The highest BCUT2D eigenvalue weighted by Crippen LogP contribution is 2.30. The third kappa shape index (κ3) is 3.32. The van der Waals surface area contributed by atoms with Crippen molar-refractivity contribution >= 4 is 29.8 Å². The molecule has 118 valence electrons. The number of hydrogen-bond acceptors (Lipinski definition) is 4. The number of amides is 3. The molecule has 23 heavy (non-hydrogen) atoms. The highest BCUT2D eigenvalue weighted by atomic mass is 32.2. The smallest absolute Gasteiger partial charge is 0.328 e. The second kappa shape index (κ2) is 6.34. The van der Waals surface area contributed by atoms with Crippen molar-refractivity contribution in [3.8, 4) is 0 Å². The Kier molecular flexibility index (Phi) is 4.25. The number of nitrogens with zero attached hydrogens (tertiary/aromatic N) is 1. The molecule has 2 aromatic rings. The lowest BCUT2D eigenvalue weighted by Gasteiger charge is -2.05. The summed E-state index contributed by atoms with van der Waals surface area (Å²) in [6.45, 7) is 4.14. The standard InChI is InChI=1S/C17H16N2O3S/c1-3-19-16(20)14(18-17(19)21)10-12-6-9-15(22-12)23-13-7-4-11(2)5-8-13/h4-10H,3H2,1-2H3,(H,18,21). The lowest BCUT2D eigenvalue weighted by Crippen LogP contribution is -2.30. The van der Waals surface area contributed by atoms with Crippen molar-refractivity contribution in [3.05, 3.63) is 53.4 Å². The number of hydrogen-bond donors (Lipinski definition) is 1. The number of furan rings is 1. The van der Waals surface area contributed by atoms with E-state index in [0.29, 0.717) is 12.3 Å². The summed E-state index contributed by atoms with van der Waals surface area (Å²) < 4.78 is 5.70. The molecule has 0 unspecified atom stereocenters. The first-order valence-electron chi connectivity index (χ1n) is 7.25. The van der Waals surface area contributed by atoms with Crippen LogP contribution in [0.15, 0.2) is 56.5 Å². The molecule has 2 heterocycles. The van der Waals surface area contributed by atoms with Crippen molar-refractivity contribution in [2.24, 2.45) is 0 Å². The Labute approximate surface area is 138 Å². The summed E-state index contributed by atoms with van der Waals surface area (Å²) in [5.74, 6) is 0.197. The van der Waals surface area contributed by atoms with Crippen molar-refractivity contribution < 1.29 is 14.0 Å². The predicted octanol–water partition coefficient (Wildman–Crippen LogP) is 3.65. The minimum Gasteiger partial charge on any atom is -0.450 e. The first kappa shape index (κ1) is 15.4. The molecule has 5 nitrogen and oxygen atoms in total. The number of urea groups is 1. The van der Waals surface area contributed by atoms with E-state index < -0.39 is 6.03 Å². The quantitative estimate of drug-likeness (QED) is 0.687. The van der Waals surface area contributed by atoms with E-state index in [9.17, 15) is 9.59 Å². The second-order valence-electron chi connectivity index (χ2n) is 5.11. The normalized spacial score (nSPS) is 16.3. The third-order valence-electron chi connectivity index (χ3n) is 3.41. The van der Waals surface area contributed by atoms with Crippen LogP contribution in [0, 0.1) is 6.92 Å². The van der Waals surface area contributed by atoms with Gasteiger partial charge in [0, 0.05) is 17.5 Å². The van der Waals surface area contributed by atoms with E-state index in [4.69, 9.17) is 4.42 Å². The molecule has 1 aromatic carbocycles. The van der Waals surface area contributed by atoms with Crippen molar-refractivity contribution in [3.63, 3.8) is 0 Å². The molecule has 3 amide bonds. The van der Waals surface area contributed by atoms with E-state index in [1.807, 2.05) is 37.3 Å². The summed E-state index contributed by atoms with van der Waals surface area (Å²) in [4.78, 5) is 25.8. The molecule has 0 aliphatic carbocycles. The lowest BCUT2D eigenvalue weighted by molar-refractivity contribution is -0.122. The van der Waals surface area contributed by atoms with Crippen molar-refractivity contribution in [2.45, 2.75) is 23.8 Å². The Morgan fingerprint density at radius 2 is 1.91 bits per heavy atom. The van der Waals surface area contributed by atoms with Gasteiger partial charge in [-0.1, -0.05) is 29.5 Å². The van der Waals surface area contributed by atoms with E-state index in [1.165, 1.54) is 17.3 Å². The van der Waals surface area contributed by atoms with Gasteiger partial charge in [-0.2, -0.15) is 0 Å². The maximum Gasteiger partial charge on any atom is 0.328 e. The first-order valence-corrected chi connectivity index (χ1v) is 8.07. The van der Waals surface area contributed by atoms with Crippen LogP contribution < -0.4 is 5.32 Å². The van der Waals surface area contributed by atoms with Gasteiger partial charge in [0.2, 0.25) is 0 Å². The highest BCUT2D eigenvalue weighted by Gasteiger charge is 2.32. The van der Waals surface area contributed by atoms with Gasteiger partial charge in [0.15, 0.2) is 5.09 Å². The Balaban J connectivity index is 1.75. The summed E-state index contributed by atoms with van der Waals surface area (Å²) >= 11 is 1.50. The molecule has 1 saturated heterocycles. The maximum atomic E-state index is 12.0. The van der Waals surface area contributed by atoms with E-state index >= 15 is 0 Å². The summed E-state index contributed by atoms with van der Waals surface area (Å²) in [5, 5.41) is 3.28. The maximum absolute atomic E-state index is 12.0. The number of imide groups is 1. The van der Waals surface area contributed by atoms with Crippen molar-refractivity contribution in [1.82, 2.24) is 10.2 Å². The number of carbonyl (C=O) groups excluding carboxylic acids is 2. The summed E-state index contributed by atoms with van der Waals surface area (Å²) in [6, 6.07) is 11.4. The number of nitrogens with one attached hydrogen (secondary N) is 1. The van der Waals surface area contributed by atoms with Crippen LogP contribution in [0.2, 0.25) is 0 Å². The molecule has 1 aliphatic rings. The van der Waals surface area contributed by atoms with E-state index in [2.05, 4.69) is 5.32 Å². The van der Waals surface area contributed by atoms with Crippen LogP contribution in [0.1, 0.15) is 18.2 Å². The van der Waals surface area contributed by atoms with Crippen molar-refractivity contribution in [2.75, 3.05) is 6.54 Å². The van der Waals surface area contributed by atoms with Crippen LogP contribution in [0.3, 0.4) is 0 Å². The molecule has 3 rings (SSSR count). The Bertz CT molecular complexity index is 777. The number of aryl methyl sites for hydroxylation is 1. The average molecular weight is 328 g/mol. The van der Waals surface area contributed by atoms with Gasteiger partial charge in [-0.25, -0.2) is 4.79 Å². The largest absolute Gasteiger partial charge is 0.450 e. The van der Waals surface area contributed by atoms with Crippen LogP contribution in [-0.2, 0) is 4.79 Å². The Morgan fingerprint density at radius 1 is 1.17 bits per heavy atom. The topological polar surface area (TPSA) is 62.6 Å². The zero-order valence-corrected chi connectivity index (χ0v) is 13.6. The SMILES string of the molecule is CCN1C(=O)NC(=Cc2ccc(Sc3ccc(C)cc3)o2)C1=O. The lowest BCUT2D eigenvalue weighted by atomic mass is 10.2. The van der Waals surface area contributed by atoms with Crippen LogP contribution in [0.5, 0.6) is 0 Å². The molecule has 0 spiro atoms. The molecule has 0 saturated carbocycles. The van der Waals surface area contributed by atoms with Crippen molar-refractivity contribution in [1.29, 1.82) is 0 Å². The minimum absolute atomic E-state index is 0.234. The number of benzene rings is 1. The third-order valence-corrected chi connectivity index (χ3v) is 4.34. The van der Waals surface area contributed by atoms with Gasteiger partial charge < -0.3 is 9.73 Å². The number of rotatable bonds is 4. The molecular formula is C17H16N2O3S. The molecule has 0 radical (unpaired) electrons. The number of carbonyl (C=O) groups is 2. The Hall–Kier alpha value is -2.47. The van der Waals surface area contributed by atoms with E-state index in [1.54, 1.807) is 19.1 Å². The molecular weight excluding hydrogens is 312 g/mol. The fraction of sp³-hybridized carbons (Fsp3) is 0.176. The van der Waals surface area contributed by atoms with Gasteiger partial charge in [0.25, 0.3) is 5.91 Å². The molecule has 1 fully saturated rings. The van der Waals surface area contributed by atoms with E-state index in [0.717, 1.165) is 14.9 Å². The van der Waals surface area contributed by atoms with Gasteiger partial charge in [-0.15, -0.1) is 0 Å². The van der Waals surface area contributed by atoms with Crippen LogP contribution in [0.4, 0.5) is 4.79 Å². The fourth-order valence-electron chi connectivity index (χ4n) is 2.19. The van der Waals surface area contributed by atoms with E-state index in [-0.39, 0.29) is 11.6 Å². The molecule has 1 aliphatic heterocycles. The summed E-state index contributed by atoms with van der Waals surface area (Å²) in [6.07, 6.45) is 1.55. The monoisotopic (exact) mass is 328 g/mol. The second-order valence-corrected chi connectivity index (χ2v) is 6.19. The van der Waals surface area contributed by atoms with Gasteiger partial charge in [-0.3, -0.25) is 9.69 Å². The minimum atomic E-state index is -0.399. The van der Waals surface area contributed by atoms with Crippen LogP contribution in [-0.4, -0.2) is 23.4 Å². The molecule has 0 bridgehead atoms. The van der Waals surface area contributed by atoms with Gasteiger partial charge in [0.05, 0.1) is 0 Å².